The maximum atomic E-state index is 13.1. The molecule has 1 aliphatic rings. The Kier molecular flexibility index (Phi) is 3.18. The summed E-state index contributed by atoms with van der Waals surface area (Å²) in [6, 6.07) is 4.72. The standard InChI is InChI=1S/C13H13BrFN3/c14-11-5-10(15)1-2-12(11)18-8-17-7-13(18)9-3-4-16-6-9/h1-2,5,7-9,16H,3-4,6H2. The molecule has 94 valence electrons. The van der Waals surface area contributed by atoms with Crippen molar-refractivity contribution >= 4 is 15.9 Å². The number of nitrogens with zero attached hydrogens (tertiary/aromatic N) is 2. The quantitative estimate of drug-likeness (QED) is 0.924. The molecule has 0 radical (unpaired) electrons. The van der Waals surface area contributed by atoms with Crippen molar-refractivity contribution in [3.8, 4) is 5.69 Å². The molecule has 0 bridgehead atoms. The molecule has 0 spiro atoms. The van der Waals surface area contributed by atoms with E-state index in [1.54, 1.807) is 12.4 Å². The lowest BCUT2D eigenvalue weighted by atomic mass is 10.1. The van der Waals surface area contributed by atoms with E-state index >= 15 is 0 Å². The Hall–Kier alpha value is -1.20. The lowest BCUT2D eigenvalue weighted by Crippen LogP contribution is -2.11. The van der Waals surface area contributed by atoms with E-state index in [4.69, 9.17) is 0 Å². The molecule has 0 amide bonds. The minimum Gasteiger partial charge on any atom is -0.316 e. The summed E-state index contributed by atoms with van der Waals surface area (Å²) in [5.41, 5.74) is 2.10. The smallest absolute Gasteiger partial charge is 0.124 e. The van der Waals surface area contributed by atoms with E-state index in [1.165, 1.54) is 17.8 Å². The lowest BCUT2D eigenvalue weighted by molar-refractivity contribution is 0.626. The number of aromatic nitrogens is 2. The number of hydrogen-bond donors (Lipinski definition) is 1. The van der Waals surface area contributed by atoms with Crippen molar-refractivity contribution in [3.63, 3.8) is 0 Å². The largest absolute Gasteiger partial charge is 0.316 e. The van der Waals surface area contributed by atoms with Crippen molar-refractivity contribution in [2.24, 2.45) is 0 Å². The molecule has 1 fully saturated rings. The Morgan fingerprint density at radius 1 is 1.44 bits per heavy atom. The van der Waals surface area contributed by atoms with Gasteiger partial charge in [0.1, 0.15) is 5.82 Å². The molecule has 2 heterocycles. The average molecular weight is 310 g/mol. The molecule has 1 unspecified atom stereocenters. The van der Waals surface area contributed by atoms with E-state index < -0.39 is 0 Å². The van der Waals surface area contributed by atoms with Gasteiger partial charge in [-0.2, -0.15) is 0 Å². The number of hydrogen-bond acceptors (Lipinski definition) is 2. The normalized spacial score (nSPS) is 19.3. The van der Waals surface area contributed by atoms with Gasteiger partial charge in [-0.05, 0) is 47.1 Å². The lowest BCUT2D eigenvalue weighted by Gasteiger charge is -2.14. The number of nitrogens with one attached hydrogen (secondary N) is 1. The van der Waals surface area contributed by atoms with Crippen LogP contribution in [0.5, 0.6) is 0 Å². The summed E-state index contributed by atoms with van der Waals surface area (Å²) in [5.74, 6) is 0.235. The molecule has 18 heavy (non-hydrogen) atoms. The highest BCUT2D eigenvalue weighted by Crippen LogP contribution is 2.28. The van der Waals surface area contributed by atoms with Gasteiger partial charge >= 0.3 is 0 Å². The number of halogens is 2. The molecule has 0 aliphatic carbocycles. The molecule has 5 heteroatoms. The minimum atomic E-state index is -0.241. The molecule has 1 atom stereocenters. The van der Waals surface area contributed by atoms with Crippen LogP contribution in [0.4, 0.5) is 4.39 Å². The predicted octanol–water partition coefficient (Wildman–Crippen LogP) is 2.85. The van der Waals surface area contributed by atoms with Crippen LogP contribution in [-0.4, -0.2) is 22.6 Å². The van der Waals surface area contributed by atoms with Crippen molar-refractivity contribution in [1.29, 1.82) is 0 Å². The first-order chi connectivity index (χ1) is 8.75. The van der Waals surface area contributed by atoms with Gasteiger partial charge in [0, 0.05) is 28.8 Å². The van der Waals surface area contributed by atoms with Crippen LogP contribution >= 0.6 is 15.9 Å². The van der Waals surface area contributed by atoms with Crippen LogP contribution in [0.3, 0.4) is 0 Å². The van der Waals surface area contributed by atoms with Crippen molar-refractivity contribution in [2.75, 3.05) is 13.1 Å². The summed E-state index contributed by atoms with van der Waals surface area (Å²) < 4.78 is 15.9. The molecule has 1 saturated heterocycles. The van der Waals surface area contributed by atoms with Gasteiger partial charge in [-0.1, -0.05) is 0 Å². The highest BCUT2D eigenvalue weighted by Gasteiger charge is 2.21. The number of imidazole rings is 1. The van der Waals surface area contributed by atoms with Gasteiger partial charge in [-0.3, -0.25) is 0 Å². The Morgan fingerprint density at radius 2 is 2.33 bits per heavy atom. The monoisotopic (exact) mass is 309 g/mol. The Labute approximate surface area is 113 Å². The fourth-order valence-corrected chi connectivity index (χ4v) is 2.93. The molecule has 1 aromatic carbocycles. The predicted molar refractivity (Wildman–Crippen MR) is 71.4 cm³/mol. The maximum absolute atomic E-state index is 13.1. The van der Waals surface area contributed by atoms with Crippen molar-refractivity contribution in [1.82, 2.24) is 14.9 Å². The van der Waals surface area contributed by atoms with E-state index in [2.05, 4.69) is 26.2 Å². The minimum absolute atomic E-state index is 0.241. The molecular weight excluding hydrogens is 297 g/mol. The maximum Gasteiger partial charge on any atom is 0.124 e. The summed E-state index contributed by atoms with van der Waals surface area (Å²) >= 11 is 3.41. The summed E-state index contributed by atoms with van der Waals surface area (Å²) in [4.78, 5) is 4.23. The Bertz CT molecular complexity index is 561. The third kappa shape index (κ3) is 2.08. The zero-order valence-electron chi connectivity index (χ0n) is 9.74. The first-order valence-electron chi connectivity index (χ1n) is 5.94. The summed E-state index contributed by atoms with van der Waals surface area (Å²) in [5, 5.41) is 3.35. The van der Waals surface area contributed by atoms with Gasteiger partial charge in [0.25, 0.3) is 0 Å². The van der Waals surface area contributed by atoms with E-state index in [0.717, 1.165) is 29.7 Å². The van der Waals surface area contributed by atoms with Gasteiger partial charge in [0.05, 0.1) is 12.0 Å². The first kappa shape index (κ1) is 11.9. The summed E-state index contributed by atoms with van der Waals surface area (Å²) in [6.45, 7) is 2.02. The molecule has 1 N–H and O–H groups in total. The van der Waals surface area contributed by atoms with Gasteiger partial charge < -0.3 is 9.88 Å². The summed E-state index contributed by atoms with van der Waals surface area (Å²) in [6.07, 6.45) is 4.80. The Morgan fingerprint density at radius 3 is 3.06 bits per heavy atom. The molecule has 1 aliphatic heterocycles. The van der Waals surface area contributed by atoms with Crippen LogP contribution in [0, 0.1) is 5.82 Å². The molecule has 2 aromatic rings. The van der Waals surface area contributed by atoms with E-state index in [0.29, 0.717) is 5.92 Å². The van der Waals surface area contributed by atoms with Crippen molar-refractivity contribution in [2.45, 2.75) is 12.3 Å². The fourth-order valence-electron chi connectivity index (χ4n) is 2.39. The van der Waals surface area contributed by atoms with E-state index in [-0.39, 0.29) is 5.82 Å². The molecular formula is C13H13BrFN3. The number of rotatable bonds is 2. The van der Waals surface area contributed by atoms with Crippen molar-refractivity contribution in [3.05, 3.63) is 46.7 Å². The number of benzene rings is 1. The molecule has 0 saturated carbocycles. The van der Waals surface area contributed by atoms with E-state index in [9.17, 15) is 4.39 Å². The first-order valence-corrected chi connectivity index (χ1v) is 6.73. The topological polar surface area (TPSA) is 29.9 Å². The second-order valence-corrected chi connectivity index (χ2v) is 5.33. The fraction of sp³-hybridized carbons (Fsp3) is 0.308. The van der Waals surface area contributed by atoms with Gasteiger partial charge in [-0.25, -0.2) is 9.37 Å². The van der Waals surface area contributed by atoms with Crippen LogP contribution in [0.2, 0.25) is 0 Å². The third-order valence-electron chi connectivity index (χ3n) is 3.31. The Balaban J connectivity index is 2.03. The molecule has 3 nitrogen and oxygen atoms in total. The van der Waals surface area contributed by atoms with E-state index in [1.807, 2.05) is 10.8 Å². The summed E-state index contributed by atoms with van der Waals surface area (Å²) in [7, 11) is 0. The SMILES string of the molecule is Fc1ccc(-n2cncc2C2CCNC2)c(Br)c1. The molecule has 1 aromatic heterocycles. The van der Waals surface area contributed by atoms with Crippen LogP contribution in [-0.2, 0) is 0 Å². The van der Waals surface area contributed by atoms with Gasteiger partial charge in [0.15, 0.2) is 0 Å². The zero-order valence-corrected chi connectivity index (χ0v) is 11.3. The average Bonchev–Trinajstić information content (AvgIpc) is 2.98. The zero-order chi connectivity index (χ0) is 12.5. The third-order valence-corrected chi connectivity index (χ3v) is 3.95. The highest BCUT2D eigenvalue weighted by molar-refractivity contribution is 9.10. The second-order valence-electron chi connectivity index (χ2n) is 4.47. The van der Waals surface area contributed by atoms with Crippen molar-refractivity contribution < 1.29 is 4.39 Å². The van der Waals surface area contributed by atoms with Crippen LogP contribution in [0.25, 0.3) is 5.69 Å². The van der Waals surface area contributed by atoms with Gasteiger partial charge in [-0.15, -0.1) is 0 Å². The highest BCUT2D eigenvalue weighted by atomic mass is 79.9. The van der Waals surface area contributed by atoms with Crippen LogP contribution in [0.1, 0.15) is 18.0 Å². The molecule has 3 rings (SSSR count). The second kappa shape index (κ2) is 4.82. The van der Waals surface area contributed by atoms with Crippen LogP contribution in [0.15, 0.2) is 35.2 Å². The van der Waals surface area contributed by atoms with Crippen LogP contribution < -0.4 is 5.32 Å². The van der Waals surface area contributed by atoms with Gasteiger partial charge in [0.2, 0.25) is 0 Å².